The van der Waals surface area contributed by atoms with Crippen LogP contribution in [0.5, 0.6) is 0 Å². The molecule has 1 aliphatic heterocycles. The molecule has 2 heterocycles. The van der Waals surface area contributed by atoms with Gasteiger partial charge in [0.05, 0.1) is 0 Å². The average Bonchev–Trinajstić information content (AvgIpc) is 3.23. The number of H-pyrrole nitrogens is 1. The van der Waals surface area contributed by atoms with E-state index in [1.54, 1.807) is 0 Å². The van der Waals surface area contributed by atoms with Gasteiger partial charge in [-0.05, 0) is 49.9 Å². The average molecular weight is 342 g/mol. The summed E-state index contributed by atoms with van der Waals surface area (Å²) in [6.07, 6.45) is 3.86. The summed E-state index contributed by atoms with van der Waals surface area (Å²) in [5.74, 6) is 2.30. The first-order chi connectivity index (χ1) is 11.6. The lowest BCUT2D eigenvalue weighted by Gasteiger charge is -2.18. The van der Waals surface area contributed by atoms with Gasteiger partial charge in [0.15, 0.2) is 10.6 Å². The fourth-order valence-corrected chi connectivity index (χ4v) is 4.34. The first-order valence-electron chi connectivity index (χ1n) is 8.62. The Balaban J connectivity index is 1.56. The highest BCUT2D eigenvalue weighted by Crippen LogP contribution is 2.37. The zero-order valence-electron chi connectivity index (χ0n) is 13.9. The number of nitrogens with zero attached hydrogens (tertiary/aromatic N) is 3. The molecule has 2 aliphatic rings. The molecular formula is C18H22N4OS. The van der Waals surface area contributed by atoms with Gasteiger partial charge >= 0.3 is 0 Å². The molecule has 0 unspecified atom stereocenters. The van der Waals surface area contributed by atoms with Crippen LogP contribution in [-0.4, -0.2) is 38.7 Å². The van der Waals surface area contributed by atoms with Crippen LogP contribution in [0.3, 0.4) is 0 Å². The minimum Gasteiger partial charge on any atom is -0.341 e. The number of hydrogen-bond acceptors (Lipinski definition) is 3. The molecule has 1 aliphatic carbocycles. The van der Waals surface area contributed by atoms with Crippen molar-refractivity contribution in [1.82, 2.24) is 19.7 Å². The van der Waals surface area contributed by atoms with Crippen molar-refractivity contribution in [2.45, 2.75) is 32.7 Å². The van der Waals surface area contributed by atoms with Gasteiger partial charge in [0.25, 0.3) is 0 Å². The predicted octanol–water partition coefficient (Wildman–Crippen LogP) is 3.17. The Labute approximate surface area is 146 Å². The van der Waals surface area contributed by atoms with E-state index < -0.39 is 0 Å². The molecule has 2 fully saturated rings. The number of amides is 1. The van der Waals surface area contributed by atoms with Crippen molar-refractivity contribution < 1.29 is 4.79 Å². The van der Waals surface area contributed by atoms with Gasteiger partial charge in [0, 0.05) is 18.7 Å². The van der Waals surface area contributed by atoms with Crippen molar-refractivity contribution in [3.05, 3.63) is 34.6 Å². The number of aryl methyl sites for hydroxylation is 1. The number of rotatable bonds is 3. The summed E-state index contributed by atoms with van der Waals surface area (Å²) in [5, 5.41) is 7.18. The van der Waals surface area contributed by atoms with E-state index in [9.17, 15) is 4.79 Å². The summed E-state index contributed by atoms with van der Waals surface area (Å²) in [4.78, 5) is 14.8. The number of fused-ring (bicyclic) bond motifs is 1. The molecule has 2 atom stereocenters. The molecule has 1 amide bonds. The van der Waals surface area contributed by atoms with Crippen LogP contribution in [0.1, 0.15) is 24.8 Å². The Bertz CT molecular complexity index is 812. The third-order valence-electron chi connectivity index (χ3n) is 5.41. The molecule has 4 rings (SSSR count). The number of nitrogens with one attached hydrogen (secondary N) is 1. The maximum Gasteiger partial charge on any atom is 0.242 e. The van der Waals surface area contributed by atoms with Crippen LogP contribution in [0.2, 0.25) is 0 Å². The van der Waals surface area contributed by atoms with Crippen molar-refractivity contribution >= 4 is 18.1 Å². The molecule has 1 aromatic carbocycles. The second-order valence-corrected chi connectivity index (χ2v) is 7.44. The van der Waals surface area contributed by atoms with Crippen LogP contribution >= 0.6 is 12.2 Å². The lowest BCUT2D eigenvalue weighted by atomic mass is 10.0. The summed E-state index contributed by atoms with van der Waals surface area (Å²) in [6, 6.07) is 8.10. The molecular weight excluding hydrogens is 320 g/mol. The highest BCUT2D eigenvalue weighted by molar-refractivity contribution is 7.71. The van der Waals surface area contributed by atoms with E-state index in [-0.39, 0.29) is 12.5 Å². The fourth-order valence-electron chi connectivity index (χ4n) is 4.14. The Kier molecular flexibility index (Phi) is 4.00. The van der Waals surface area contributed by atoms with Crippen LogP contribution < -0.4 is 0 Å². The normalized spacial score (nSPS) is 22.8. The van der Waals surface area contributed by atoms with E-state index in [0.717, 1.165) is 30.0 Å². The molecule has 6 heteroatoms. The summed E-state index contributed by atoms with van der Waals surface area (Å²) in [6.45, 7) is 4.13. The zero-order valence-corrected chi connectivity index (χ0v) is 14.7. The predicted molar refractivity (Wildman–Crippen MR) is 95.0 cm³/mol. The maximum atomic E-state index is 12.8. The standard InChI is InChI=1S/C18H22N4OS/c1-12-4-2-5-13(8-12)17-19-20-18(24)22(17)11-16(23)21-9-14-6-3-7-15(14)10-21/h2,4-5,8,14-15H,3,6-7,9-11H2,1H3,(H,20,24)/t14-,15+. The fraction of sp³-hybridized carbons (Fsp3) is 0.500. The van der Waals surface area contributed by atoms with Crippen LogP contribution in [0.15, 0.2) is 24.3 Å². The minimum atomic E-state index is 0.149. The number of carbonyl (C=O) groups excluding carboxylic acids is 1. The van der Waals surface area contributed by atoms with Gasteiger partial charge in [0.1, 0.15) is 6.54 Å². The Hall–Kier alpha value is -1.95. The molecule has 1 aromatic heterocycles. The summed E-state index contributed by atoms with van der Waals surface area (Å²) in [7, 11) is 0. The van der Waals surface area contributed by atoms with Gasteiger partial charge in [-0.1, -0.05) is 30.2 Å². The lowest BCUT2D eigenvalue weighted by molar-refractivity contribution is -0.131. The first-order valence-corrected chi connectivity index (χ1v) is 9.02. The third-order valence-corrected chi connectivity index (χ3v) is 5.72. The van der Waals surface area contributed by atoms with E-state index >= 15 is 0 Å². The molecule has 1 saturated heterocycles. The molecule has 0 spiro atoms. The highest BCUT2D eigenvalue weighted by Gasteiger charge is 2.38. The van der Waals surface area contributed by atoms with Crippen molar-refractivity contribution in [2.75, 3.05) is 13.1 Å². The first kappa shape index (κ1) is 15.6. The monoisotopic (exact) mass is 342 g/mol. The number of benzene rings is 1. The van der Waals surface area contributed by atoms with Crippen LogP contribution in [0, 0.1) is 23.5 Å². The van der Waals surface area contributed by atoms with Crippen LogP contribution in [0.4, 0.5) is 0 Å². The number of hydrogen-bond donors (Lipinski definition) is 1. The van der Waals surface area contributed by atoms with Gasteiger partial charge in [-0.25, -0.2) is 0 Å². The Morgan fingerprint density at radius 3 is 2.79 bits per heavy atom. The smallest absolute Gasteiger partial charge is 0.242 e. The van der Waals surface area contributed by atoms with Gasteiger partial charge in [-0.15, -0.1) is 0 Å². The van der Waals surface area contributed by atoms with Crippen molar-refractivity contribution in [3.63, 3.8) is 0 Å². The molecule has 0 radical (unpaired) electrons. The topological polar surface area (TPSA) is 53.9 Å². The molecule has 1 saturated carbocycles. The van der Waals surface area contributed by atoms with E-state index in [0.29, 0.717) is 16.6 Å². The minimum absolute atomic E-state index is 0.149. The second-order valence-electron chi connectivity index (χ2n) is 7.06. The van der Waals surface area contributed by atoms with Crippen molar-refractivity contribution in [3.8, 4) is 11.4 Å². The van der Waals surface area contributed by atoms with Gasteiger partial charge in [0.2, 0.25) is 5.91 Å². The number of carbonyl (C=O) groups is 1. The molecule has 24 heavy (non-hydrogen) atoms. The van der Waals surface area contributed by atoms with E-state index in [4.69, 9.17) is 12.2 Å². The third kappa shape index (κ3) is 2.79. The van der Waals surface area contributed by atoms with Crippen molar-refractivity contribution in [2.24, 2.45) is 11.8 Å². The molecule has 126 valence electrons. The van der Waals surface area contributed by atoms with E-state index in [1.165, 1.54) is 19.3 Å². The highest BCUT2D eigenvalue weighted by atomic mass is 32.1. The number of aromatic nitrogens is 3. The molecule has 2 aromatic rings. The summed E-state index contributed by atoms with van der Waals surface area (Å²) >= 11 is 5.35. The van der Waals surface area contributed by atoms with Crippen LogP contribution in [0.25, 0.3) is 11.4 Å². The summed E-state index contributed by atoms with van der Waals surface area (Å²) in [5.41, 5.74) is 2.14. The van der Waals surface area contributed by atoms with Crippen LogP contribution in [-0.2, 0) is 11.3 Å². The summed E-state index contributed by atoms with van der Waals surface area (Å²) < 4.78 is 2.32. The quantitative estimate of drug-likeness (QED) is 0.872. The Morgan fingerprint density at radius 1 is 1.33 bits per heavy atom. The number of likely N-dealkylation sites (tertiary alicyclic amines) is 1. The zero-order chi connectivity index (χ0) is 16.7. The van der Waals surface area contributed by atoms with E-state index in [2.05, 4.69) is 16.3 Å². The SMILES string of the molecule is Cc1cccc(-c2n[nH]c(=S)n2CC(=O)N2C[C@H]3CCC[C@H]3C2)c1. The molecule has 5 nitrogen and oxygen atoms in total. The van der Waals surface area contributed by atoms with Crippen molar-refractivity contribution in [1.29, 1.82) is 0 Å². The largest absolute Gasteiger partial charge is 0.341 e. The van der Waals surface area contributed by atoms with Gasteiger partial charge in [-0.3, -0.25) is 14.5 Å². The van der Waals surface area contributed by atoms with Gasteiger partial charge in [-0.2, -0.15) is 5.10 Å². The maximum absolute atomic E-state index is 12.8. The van der Waals surface area contributed by atoms with E-state index in [1.807, 2.05) is 34.6 Å². The lowest BCUT2D eigenvalue weighted by Crippen LogP contribution is -2.32. The van der Waals surface area contributed by atoms with Gasteiger partial charge < -0.3 is 4.90 Å². The molecule has 0 bridgehead atoms. The second kappa shape index (κ2) is 6.16. The number of aromatic amines is 1. The Morgan fingerprint density at radius 2 is 2.08 bits per heavy atom. The molecule has 1 N–H and O–H groups in total.